The molecule has 43 heavy (non-hydrogen) atoms. The van der Waals surface area contributed by atoms with E-state index < -0.39 is 0 Å². The van der Waals surface area contributed by atoms with Gasteiger partial charge in [-0.05, 0) is 75.0 Å². The number of allylic oxidation sites excluding steroid dienone is 1. The lowest BCUT2D eigenvalue weighted by atomic mass is 9.98. The topological polar surface area (TPSA) is 37.4 Å². The largest absolute Gasteiger partial charge is 0.310 e. The van der Waals surface area contributed by atoms with Crippen LogP contribution in [0.2, 0.25) is 0 Å². The number of Topliss-reactive ketones (excluding diaryl/α,β-unsaturated/α-hetero) is 2. The van der Waals surface area contributed by atoms with Gasteiger partial charge in [0.15, 0.2) is 11.6 Å². The van der Waals surface area contributed by atoms with Gasteiger partial charge in [0, 0.05) is 27.9 Å². The summed E-state index contributed by atoms with van der Waals surface area (Å²) in [5.74, 6) is -0.422. The van der Waals surface area contributed by atoms with E-state index in [-0.39, 0.29) is 17.1 Å². The van der Waals surface area contributed by atoms with E-state index in [2.05, 4.69) is 108 Å². The molecule has 8 rings (SSSR count). The number of benzene rings is 7. The number of carbonyl (C=O) groups excluding carboxylic acids is 2. The fourth-order valence-corrected chi connectivity index (χ4v) is 6.27. The van der Waals surface area contributed by atoms with Crippen LogP contribution < -0.4 is 4.90 Å². The van der Waals surface area contributed by atoms with Crippen molar-refractivity contribution in [1.82, 2.24) is 0 Å². The van der Waals surface area contributed by atoms with Crippen molar-refractivity contribution in [3.8, 4) is 0 Å². The number of fused-ring (bicyclic) bond motifs is 5. The number of nitrogens with zero attached hydrogens (tertiary/aromatic N) is 1. The third kappa shape index (κ3) is 4.13. The number of carbonyl (C=O) groups is 2. The highest BCUT2D eigenvalue weighted by Gasteiger charge is 2.32. The maximum atomic E-state index is 12.9. The van der Waals surface area contributed by atoms with Gasteiger partial charge in [-0.25, -0.2) is 0 Å². The highest BCUT2D eigenvalue weighted by molar-refractivity contribution is 6.41. The molecule has 0 amide bonds. The average Bonchev–Trinajstić information content (AvgIpc) is 3.30. The Balaban J connectivity index is 1.26. The number of ketones is 2. The van der Waals surface area contributed by atoms with E-state index in [1.165, 1.54) is 21.5 Å². The van der Waals surface area contributed by atoms with E-state index in [0.29, 0.717) is 11.1 Å². The lowest BCUT2D eigenvalue weighted by Crippen LogP contribution is -2.10. The minimum Gasteiger partial charge on any atom is -0.310 e. The van der Waals surface area contributed by atoms with Crippen molar-refractivity contribution < 1.29 is 9.59 Å². The second kappa shape index (κ2) is 9.93. The molecule has 0 bridgehead atoms. The SMILES string of the molecule is O=C1C(=Cc2ccc3cc(N(c4ccccc4)c4cc5ccccc5c5ccccc45)ccc3c2)C(=O)c2ccccc21. The van der Waals surface area contributed by atoms with Gasteiger partial charge in [0.05, 0.1) is 11.3 Å². The van der Waals surface area contributed by atoms with Crippen LogP contribution in [0.25, 0.3) is 38.4 Å². The Morgan fingerprint density at radius 2 is 1.05 bits per heavy atom. The van der Waals surface area contributed by atoms with Crippen molar-refractivity contribution in [3.63, 3.8) is 0 Å². The van der Waals surface area contributed by atoms with Crippen molar-refractivity contribution in [2.45, 2.75) is 0 Å². The summed E-state index contributed by atoms with van der Waals surface area (Å²) < 4.78 is 0. The van der Waals surface area contributed by atoms with E-state index in [1.807, 2.05) is 18.2 Å². The number of hydrogen-bond donors (Lipinski definition) is 0. The summed E-state index contributed by atoms with van der Waals surface area (Å²) >= 11 is 0. The zero-order valence-electron chi connectivity index (χ0n) is 23.2. The first-order valence-electron chi connectivity index (χ1n) is 14.4. The van der Waals surface area contributed by atoms with Crippen molar-refractivity contribution in [2.75, 3.05) is 4.90 Å². The molecule has 0 aliphatic heterocycles. The molecule has 7 aromatic rings. The molecule has 0 saturated heterocycles. The van der Waals surface area contributed by atoms with Gasteiger partial charge in [-0.15, -0.1) is 0 Å². The first kappa shape index (κ1) is 25.0. The Bertz CT molecular complexity index is 2240. The third-order valence-electron chi connectivity index (χ3n) is 8.32. The maximum absolute atomic E-state index is 12.9. The van der Waals surface area contributed by atoms with E-state index in [9.17, 15) is 9.59 Å². The quantitative estimate of drug-likeness (QED) is 0.124. The fourth-order valence-electron chi connectivity index (χ4n) is 6.27. The molecule has 0 radical (unpaired) electrons. The van der Waals surface area contributed by atoms with Crippen molar-refractivity contribution in [1.29, 1.82) is 0 Å². The number of para-hydroxylation sites is 1. The molecule has 0 aromatic heterocycles. The first-order chi connectivity index (χ1) is 21.2. The van der Waals surface area contributed by atoms with Gasteiger partial charge >= 0.3 is 0 Å². The van der Waals surface area contributed by atoms with Gasteiger partial charge in [0.25, 0.3) is 0 Å². The van der Waals surface area contributed by atoms with Crippen LogP contribution in [0.3, 0.4) is 0 Å². The molecule has 0 unspecified atom stereocenters. The first-order valence-corrected chi connectivity index (χ1v) is 14.4. The summed E-state index contributed by atoms with van der Waals surface area (Å²) in [6.45, 7) is 0. The number of anilines is 3. The summed E-state index contributed by atoms with van der Waals surface area (Å²) in [6, 6.07) is 49.4. The Morgan fingerprint density at radius 3 is 1.81 bits per heavy atom. The molecule has 1 aliphatic rings. The Morgan fingerprint density at radius 1 is 0.442 bits per heavy atom. The summed E-state index contributed by atoms with van der Waals surface area (Å²) in [6.07, 6.45) is 1.72. The van der Waals surface area contributed by atoms with Gasteiger partial charge in [0.2, 0.25) is 0 Å². The number of rotatable bonds is 4. The standard InChI is InChI=1S/C40H25NO2/c42-39-35-16-8-9-17-36(35)40(43)37(39)23-26-18-19-28-24-31(21-20-27(28)22-26)41(30-11-2-1-3-12-30)38-25-29-10-4-5-13-32(29)33-14-6-7-15-34(33)38/h1-25H. The van der Waals surface area contributed by atoms with Crippen LogP contribution in [0.4, 0.5) is 17.1 Å². The minimum absolute atomic E-state index is 0.211. The Kier molecular flexibility index (Phi) is 5.76. The maximum Gasteiger partial charge on any atom is 0.197 e. The van der Waals surface area contributed by atoms with Gasteiger partial charge in [-0.3, -0.25) is 9.59 Å². The normalized spacial score (nSPS) is 12.7. The van der Waals surface area contributed by atoms with Gasteiger partial charge in [-0.2, -0.15) is 0 Å². The second-order valence-electron chi connectivity index (χ2n) is 10.9. The van der Waals surface area contributed by atoms with E-state index in [4.69, 9.17) is 0 Å². The molecule has 3 nitrogen and oxygen atoms in total. The van der Waals surface area contributed by atoms with Gasteiger partial charge < -0.3 is 4.90 Å². The third-order valence-corrected chi connectivity index (χ3v) is 8.32. The minimum atomic E-state index is -0.211. The molecular formula is C40H25NO2. The van der Waals surface area contributed by atoms with E-state index in [1.54, 1.807) is 30.3 Å². The van der Waals surface area contributed by atoms with Crippen molar-refractivity contribution in [3.05, 3.63) is 168 Å². The second-order valence-corrected chi connectivity index (χ2v) is 10.9. The molecular weight excluding hydrogens is 526 g/mol. The Labute approximate surface area is 248 Å². The number of hydrogen-bond acceptors (Lipinski definition) is 3. The molecule has 0 heterocycles. The molecule has 3 heteroatoms. The van der Waals surface area contributed by atoms with Crippen molar-refractivity contribution >= 4 is 67.0 Å². The summed E-state index contributed by atoms with van der Waals surface area (Å²) in [4.78, 5) is 28.2. The van der Waals surface area contributed by atoms with Crippen LogP contribution in [0.1, 0.15) is 26.3 Å². The molecule has 0 atom stereocenters. The Hall–Kier alpha value is -5.80. The zero-order chi connectivity index (χ0) is 28.9. The lowest BCUT2D eigenvalue weighted by molar-refractivity contribution is 0.0990. The zero-order valence-corrected chi connectivity index (χ0v) is 23.2. The smallest absolute Gasteiger partial charge is 0.197 e. The van der Waals surface area contributed by atoms with Gasteiger partial charge in [-0.1, -0.05) is 109 Å². The van der Waals surface area contributed by atoms with Crippen LogP contribution in [-0.2, 0) is 0 Å². The molecule has 0 fully saturated rings. The van der Waals surface area contributed by atoms with Gasteiger partial charge in [0.1, 0.15) is 0 Å². The summed E-state index contributed by atoms with van der Waals surface area (Å²) in [5.41, 5.74) is 5.22. The van der Waals surface area contributed by atoms with Crippen LogP contribution in [0.5, 0.6) is 0 Å². The molecule has 0 spiro atoms. The van der Waals surface area contributed by atoms with Crippen LogP contribution >= 0.6 is 0 Å². The summed E-state index contributed by atoms with van der Waals surface area (Å²) in [7, 11) is 0. The highest BCUT2D eigenvalue weighted by Crippen LogP contribution is 2.42. The predicted octanol–water partition coefficient (Wildman–Crippen LogP) is 10.1. The van der Waals surface area contributed by atoms with E-state index >= 15 is 0 Å². The molecule has 1 aliphatic carbocycles. The molecule has 7 aromatic carbocycles. The molecule has 0 saturated carbocycles. The van der Waals surface area contributed by atoms with Crippen LogP contribution in [-0.4, -0.2) is 11.6 Å². The van der Waals surface area contributed by atoms with Crippen molar-refractivity contribution in [2.24, 2.45) is 0 Å². The van der Waals surface area contributed by atoms with Crippen LogP contribution in [0.15, 0.2) is 151 Å². The van der Waals surface area contributed by atoms with Crippen LogP contribution in [0, 0.1) is 0 Å². The predicted molar refractivity (Wildman–Crippen MR) is 177 cm³/mol. The molecule has 0 N–H and O–H groups in total. The summed E-state index contributed by atoms with van der Waals surface area (Å²) in [5, 5.41) is 6.92. The molecule has 202 valence electrons. The monoisotopic (exact) mass is 551 g/mol. The lowest BCUT2D eigenvalue weighted by Gasteiger charge is -2.28. The highest BCUT2D eigenvalue weighted by atomic mass is 16.2. The fraction of sp³-hybridized carbons (Fsp3) is 0. The average molecular weight is 552 g/mol. The van der Waals surface area contributed by atoms with E-state index in [0.717, 1.165) is 33.4 Å².